The first-order valence-corrected chi connectivity index (χ1v) is 38.1. The molecule has 32 nitrogen and oxygen atoms in total. The van der Waals surface area contributed by atoms with Crippen LogP contribution in [0.1, 0.15) is 157 Å². The highest BCUT2D eigenvalue weighted by molar-refractivity contribution is 5.91. The molecule has 0 bridgehead atoms. The normalized spacial score (nSPS) is 27.2. The summed E-state index contributed by atoms with van der Waals surface area (Å²) in [6, 6.07) is 25.1. The Bertz CT molecular complexity index is 4010. The number of hydrogen-bond acceptors (Lipinski definition) is 30. The molecule has 5 aromatic rings. The Labute approximate surface area is 659 Å². The Balaban J connectivity index is 1.32. The molecule has 620 valence electrons. The number of unbranched alkanes of at least 4 members (excludes halogenated alkanes) is 3. The van der Waals surface area contributed by atoms with Crippen molar-refractivity contribution in [1.29, 1.82) is 0 Å². The smallest absolute Gasteiger partial charge is 0.366 e. The molecule has 3 aliphatic heterocycles. The van der Waals surface area contributed by atoms with E-state index in [4.69, 9.17) is 85.3 Å². The van der Waals surface area contributed by atoms with Gasteiger partial charge < -0.3 is 90.6 Å². The molecular formula is C81H101FN4O28. The molecule has 1 aliphatic carbocycles. The summed E-state index contributed by atoms with van der Waals surface area (Å²) in [5.74, 6) is -15.6. The van der Waals surface area contributed by atoms with Crippen LogP contribution in [-0.4, -0.2) is 232 Å². The van der Waals surface area contributed by atoms with Crippen LogP contribution in [0.15, 0.2) is 121 Å². The molecule has 1 aromatic heterocycles. The summed E-state index contributed by atoms with van der Waals surface area (Å²) >= 11 is 0. The molecule has 4 aromatic carbocycles. The van der Waals surface area contributed by atoms with Crippen LogP contribution in [0.5, 0.6) is 0 Å². The molecule has 20 atom stereocenters. The van der Waals surface area contributed by atoms with Gasteiger partial charge in [0.15, 0.2) is 37.0 Å². The number of esters is 9. The third-order valence-corrected chi connectivity index (χ3v) is 19.4. The summed E-state index contributed by atoms with van der Waals surface area (Å²) in [5.41, 5.74) is 0.249. The van der Waals surface area contributed by atoms with Crippen molar-refractivity contribution < 1.29 is 138 Å². The first-order chi connectivity index (χ1) is 54.8. The second-order valence-corrected chi connectivity index (χ2v) is 27.9. The minimum Gasteiger partial charge on any atom is -0.469 e. The molecule has 1 N–H and O–H groups in total. The molecule has 4 aliphatic rings. The first kappa shape index (κ1) is 88.2. The first-order valence-electron chi connectivity index (χ1n) is 38.1. The molecule has 9 rings (SSSR count). The molecule has 4 fully saturated rings. The average Bonchev–Trinajstić information content (AvgIpc) is 0.886. The largest absolute Gasteiger partial charge is 0.469 e. The summed E-state index contributed by atoms with van der Waals surface area (Å²) in [5, 5.41) is 11.7. The van der Waals surface area contributed by atoms with Gasteiger partial charge >= 0.3 is 53.7 Å². The zero-order chi connectivity index (χ0) is 82.2. The Morgan fingerprint density at radius 1 is 0.588 bits per heavy atom. The summed E-state index contributed by atoms with van der Waals surface area (Å²) in [4.78, 5) is 142. The summed E-state index contributed by atoms with van der Waals surface area (Å²) in [7, 11) is 2.07. The Hall–Kier alpha value is -9.71. The lowest BCUT2D eigenvalue weighted by atomic mass is 9.81. The number of ether oxygens (including phenoxy) is 18. The van der Waals surface area contributed by atoms with Crippen LogP contribution in [0, 0.1) is 11.7 Å². The van der Waals surface area contributed by atoms with Crippen molar-refractivity contribution in [3.8, 4) is 11.3 Å². The maximum absolute atomic E-state index is 15.7. The summed E-state index contributed by atoms with van der Waals surface area (Å²) < 4.78 is 133. The van der Waals surface area contributed by atoms with Gasteiger partial charge in [0.25, 0.3) is 5.79 Å². The van der Waals surface area contributed by atoms with Gasteiger partial charge in [-0.2, -0.15) is 0 Å². The molecule has 1 saturated carbocycles. The highest BCUT2D eigenvalue weighted by Crippen LogP contribution is 2.46. The molecule has 0 spiro atoms. The van der Waals surface area contributed by atoms with Crippen molar-refractivity contribution in [2.45, 2.75) is 236 Å². The van der Waals surface area contributed by atoms with Gasteiger partial charge in [-0.3, -0.25) is 28.8 Å². The van der Waals surface area contributed by atoms with Crippen LogP contribution in [0.3, 0.4) is 0 Å². The van der Waals surface area contributed by atoms with Crippen molar-refractivity contribution in [1.82, 2.24) is 20.3 Å². The Morgan fingerprint density at radius 2 is 1.17 bits per heavy atom. The van der Waals surface area contributed by atoms with Crippen LogP contribution in [0.2, 0.25) is 0 Å². The lowest BCUT2D eigenvalue weighted by molar-refractivity contribution is -0.379. The maximum atomic E-state index is 15.7. The Morgan fingerprint density at radius 3 is 1.72 bits per heavy atom. The molecule has 3 saturated heterocycles. The highest BCUT2D eigenvalue weighted by atomic mass is 19.1. The highest BCUT2D eigenvalue weighted by Gasteiger charge is 2.65. The monoisotopic (exact) mass is 1600 g/mol. The van der Waals surface area contributed by atoms with Gasteiger partial charge in [0, 0.05) is 60.0 Å². The van der Waals surface area contributed by atoms with Crippen molar-refractivity contribution in [2.75, 3.05) is 47.3 Å². The number of benzene rings is 4. The van der Waals surface area contributed by atoms with E-state index in [1.807, 2.05) is 20.8 Å². The van der Waals surface area contributed by atoms with Gasteiger partial charge in [0.1, 0.15) is 73.6 Å². The number of halogens is 1. The van der Waals surface area contributed by atoms with E-state index in [1.54, 1.807) is 43.3 Å². The van der Waals surface area contributed by atoms with Gasteiger partial charge in [0.05, 0.1) is 73.7 Å². The number of carbonyl (C=O) groups excluding carboxylic acids is 10. The maximum Gasteiger partial charge on any atom is 0.366 e. The third-order valence-electron chi connectivity index (χ3n) is 19.4. The van der Waals surface area contributed by atoms with E-state index < -0.39 is 207 Å². The van der Waals surface area contributed by atoms with Gasteiger partial charge in [-0.05, 0) is 87.6 Å². The molecule has 114 heavy (non-hydrogen) atoms. The average molecular weight is 1600 g/mol. The fraction of sp³-hybridized carbons (Fsp3) is 0.556. The van der Waals surface area contributed by atoms with E-state index in [9.17, 15) is 33.6 Å². The molecule has 4 heterocycles. The Kier molecular flexibility index (Phi) is 33.0. The standard InChI is InChI=1S/C81H101FN4O28/c1-12-15-36-99-65-46(4)104-78(72(101-38-17-14-3)70(65)100-37-16-13-2)112-66-59(86-43-58(84-85-86)55-34-27-35-57(82)39-55)40-56(74(92)97-10)41-60(66)108-79-73(111-77(95)54-32-25-20-26-33-54)71(68(110-76(94)53-30-23-19-24-31-53)63(109-79)45-103-75(93)52-28-21-18-22-29-52)114-81(80(96)98-11)42-61(105-49(7)89)64(83-47(5)87)69(113-81)67(107-51(9)91)62(106-50(8)90)44-102-48(6)88/h18-35,39,43,46,56,59-73,78-79H,12-17,36-38,40-42,44-45H2,1-11H3,(H,83,87)/t46?,56?,59?,60?,61?,62-,63?,64?,65?,66?,67-,68?,69?,70?,71?,72?,73?,78?,79?,81?/m1/s1. The van der Waals surface area contributed by atoms with Crippen LogP contribution >= 0.6 is 0 Å². The third kappa shape index (κ3) is 23.5. The molecule has 1 amide bonds. The van der Waals surface area contributed by atoms with Gasteiger partial charge in [0.2, 0.25) is 5.91 Å². The van der Waals surface area contributed by atoms with E-state index >= 15 is 18.8 Å². The van der Waals surface area contributed by atoms with Crippen LogP contribution < -0.4 is 5.32 Å². The zero-order valence-corrected chi connectivity index (χ0v) is 65.6. The summed E-state index contributed by atoms with van der Waals surface area (Å²) in [6.45, 7) is 11.8. The second kappa shape index (κ2) is 42.6. The van der Waals surface area contributed by atoms with Crippen molar-refractivity contribution in [3.63, 3.8) is 0 Å². The number of nitrogens with one attached hydrogen (secondary N) is 1. The van der Waals surface area contributed by atoms with Gasteiger partial charge in [-0.15, -0.1) is 5.10 Å². The summed E-state index contributed by atoms with van der Waals surface area (Å²) in [6.07, 6.45) is -22.8. The quantitative estimate of drug-likeness (QED) is 0.0222. The predicted octanol–water partition coefficient (Wildman–Crippen LogP) is 8.22. The number of rotatable bonds is 37. The number of hydrogen-bond donors (Lipinski definition) is 1. The lowest BCUT2D eigenvalue weighted by Crippen LogP contribution is -2.72. The predicted molar refractivity (Wildman–Crippen MR) is 394 cm³/mol. The number of aromatic nitrogens is 3. The minimum atomic E-state index is -3.25. The van der Waals surface area contributed by atoms with E-state index in [1.165, 1.54) is 96.9 Å². The van der Waals surface area contributed by atoms with Gasteiger partial charge in [-0.25, -0.2) is 28.3 Å². The topological polar surface area (TPSA) is 380 Å². The van der Waals surface area contributed by atoms with Crippen LogP contribution in [0.25, 0.3) is 11.3 Å². The lowest BCUT2D eigenvalue weighted by Gasteiger charge is -2.52. The number of carbonyl (C=O) groups is 10. The second-order valence-electron chi connectivity index (χ2n) is 27.9. The number of methoxy groups -OCH3 is 2. The zero-order valence-electron chi connectivity index (χ0n) is 65.6. The van der Waals surface area contributed by atoms with E-state index in [0.717, 1.165) is 54.6 Å². The molecule has 0 radical (unpaired) electrons. The van der Waals surface area contributed by atoms with E-state index in [0.29, 0.717) is 37.9 Å². The minimum absolute atomic E-state index is 0.0184. The fourth-order valence-corrected chi connectivity index (χ4v) is 14.0. The van der Waals surface area contributed by atoms with Gasteiger partial charge in [-0.1, -0.05) is 112 Å². The number of amides is 1. The van der Waals surface area contributed by atoms with Crippen LogP contribution in [0.4, 0.5) is 4.39 Å². The van der Waals surface area contributed by atoms with Crippen molar-refractivity contribution in [3.05, 3.63) is 144 Å². The van der Waals surface area contributed by atoms with Crippen molar-refractivity contribution in [2.24, 2.45) is 5.92 Å². The fourth-order valence-electron chi connectivity index (χ4n) is 14.0. The van der Waals surface area contributed by atoms with Crippen LogP contribution in [-0.2, 0) is 119 Å². The molecule has 18 unspecified atom stereocenters. The molecular weight excluding hydrogens is 1500 g/mol. The molecule has 33 heteroatoms. The van der Waals surface area contributed by atoms with Crippen molar-refractivity contribution >= 4 is 59.6 Å². The SMILES string of the molecule is CCCCOC1C(C)OC(OC2C(OC3OC(COC(=O)c4ccccc4)C(OC(=O)c4ccccc4)C(OC4(C(=O)OC)CC(OC(C)=O)C(NC(C)=O)C([C@H](OC(C)=O)[C@@H](COC(C)=O)OC(C)=O)O4)C3OC(=O)c3ccccc3)CC(C(=O)OC)CC2n2cc(-c3cccc(F)c3)nn2)C(OCCCC)C1OCCCC. The number of nitrogens with zero attached hydrogens (tertiary/aromatic N) is 3. The van der Waals surface area contributed by atoms with E-state index in [2.05, 4.69) is 15.6 Å². The van der Waals surface area contributed by atoms with E-state index in [-0.39, 0.29) is 48.4 Å².